The first-order valence-corrected chi connectivity index (χ1v) is 14.0. The van der Waals surface area contributed by atoms with Crippen molar-refractivity contribution in [2.24, 2.45) is 0 Å². The van der Waals surface area contributed by atoms with Gasteiger partial charge in [-0.25, -0.2) is 0 Å². The zero-order valence-corrected chi connectivity index (χ0v) is 22.9. The first kappa shape index (κ1) is 36.4. The second-order valence-corrected chi connectivity index (χ2v) is 8.90. The van der Waals surface area contributed by atoms with Gasteiger partial charge in [0.05, 0.1) is 19.8 Å². The molecule has 0 radical (unpaired) electrons. The largest absolute Gasteiger partial charge is 0.481 e. The highest BCUT2D eigenvalue weighted by Crippen LogP contribution is 2.09. The van der Waals surface area contributed by atoms with E-state index in [0.717, 1.165) is 12.8 Å². The van der Waals surface area contributed by atoms with Crippen molar-refractivity contribution in [2.45, 2.75) is 96.8 Å². The van der Waals surface area contributed by atoms with Gasteiger partial charge in [0.25, 0.3) is 0 Å². The molecule has 0 bridgehead atoms. The topological polar surface area (TPSA) is 101 Å². The van der Waals surface area contributed by atoms with Crippen molar-refractivity contribution in [3.8, 4) is 0 Å². The highest BCUT2D eigenvalue weighted by atomic mass is 16.4. The van der Waals surface area contributed by atoms with Gasteiger partial charge in [-0.15, -0.1) is 0 Å². The van der Waals surface area contributed by atoms with Crippen LogP contribution in [0.4, 0.5) is 0 Å². The Morgan fingerprint density at radius 1 is 0.611 bits per heavy atom. The molecule has 0 aliphatic carbocycles. The first-order valence-electron chi connectivity index (χ1n) is 14.0. The van der Waals surface area contributed by atoms with Crippen LogP contribution in [0.1, 0.15) is 96.8 Å². The van der Waals surface area contributed by atoms with Crippen LogP contribution in [-0.2, 0) is 4.79 Å². The average Bonchev–Trinajstić information content (AvgIpc) is 2.88. The predicted octanol–water partition coefficient (Wildman–Crippen LogP) is 6.06. The summed E-state index contributed by atoms with van der Waals surface area (Å²) in [5.41, 5.74) is 0. The lowest BCUT2D eigenvalue weighted by Crippen LogP contribution is -2.32. The minimum atomic E-state index is -0.664. The number of nitrogens with zero attached hydrogens (tertiary/aromatic N) is 1. The third-order valence-corrected chi connectivity index (χ3v) is 5.57. The molecule has 0 spiro atoms. The van der Waals surface area contributed by atoms with Crippen LogP contribution in [-0.4, -0.2) is 70.8 Å². The molecule has 0 saturated carbocycles. The fourth-order valence-corrected chi connectivity index (χ4v) is 3.49. The number of carboxylic acid groups (broad SMARTS) is 1. The van der Waals surface area contributed by atoms with E-state index in [9.17, 15) is 4.79 Å². The van der Waals surface area contributed by atoms with Gasteiger partial charge in [-0.1, -0.05) is 107 Å². The number of unbranched alkanes of at least 4 members (excludes halogenated alkanes) is 11. The van der Waals surface area contributed by atoms with E-state index in [2.05, 4.69) is 19.1 Å². The highest BCUT2D eigenvalue weighted by Gasteiger charge is 2.00. The summed E-state index contributed by atoms with van der Waals surface area (Å²) < 4.78 is 0. The number of aliphatic hydroxyl groups excluding tert-OH is 3. The van der Waals surface area contributed by atoms with Crippen molar-refractivity contribution in [3.63, 3.8) is 0 Å². The molecule has 0 fully saturated rings. The molecule has 4 N–H and O–H groups in total. The molecular weight excluding hydrogens is 454 g/mol. The van der Waals surface area contributed by atoms with Crippen molar-refractivity contribution < 1.29 is 25.2 Å². The third kappa shape index (κ3) is 34.4. The molecular formula is C30H55NO5. The van der Waals surface area contributed by atoms with Gasteiger partial charge in [0.15, 0.2) is 0 Å². The summed E-state index contributed by atoms with van der Waals surface area (Å²) in [4.78, 5) is 12.1. The molecule has 0 aliphatic rings. The van der Waals surface area contributed by atoms with Gasteiger partial charge >= 0.3 is 5.97 Å². The number of allylic oxidation sites excluding steroid dienone is 2. The number of carboxylic acids is 1. The molecule has 0 amide bonds. The Morgan fingerprint density at radius 2 is 0.972 bits per heavy atom. The van der Waals surface area contributed by atoms with Gasteiger partial charge < -0.3 is 20.4 Å². The molecule has 0 aromatic heterocycles. The van der Waals surface area contributed by atoms with E-state index >= 15 is 0 Å². The van der Waals surface area contributed by atoms with E-state index < -0.39 is 5.97 Å². The maximum Gasteiger partial charge on any atom is 0.303 e. The fourth-order valence-electron chi connectivity index (χ4n) is 3.49. The SMILES string of the molecule is CCCCCCCC/C=C\CCCCCCCC(=O)O.OCCN(CCO)CCO.c1ccccc1. The molecule has 0 unspecified atom stereocenters. The second kappa shape index (κ2) is 33.3. The number of hydrogen-bond acceptors (Lipinski definition) is 5. The summed E-state index contributed by atoms with van der Waals surface area (Å²) in [6.07, 6.45) is 21.2. The monoisotopic (exact) mass is 509 g/mol. The standard InChI is InChI=1S/C18H34O2.C6H15NO3.C6H6/c1-2-3-4-5-6-7-8-9-10-11-12-13-14-15-16-17-18(19)20;8-4-1-7(2-5-9)3-6-10;1-2-4-6-5-3-1/h9-10H,2-8,11-17H2,1H3,(H,19,20);8-10H,1-6H2;1-6H/b10-9-;;. The van der Waals surface area contributed by atoms with Gasteiger partial charge in [-0.05, 0) is 32.1 Å². The Morgan fingerprint density at radius 3 is 1.33 bits per heavy atom. The second-order valence-electron chi connectivity index (χ2n) is 8.90. The van der Waals surface area contributed by atoms with Crippen molar-refractivity contribution in [2.75, 3.05) is 39.5 Å². The van der Waals surface area contributed by atoms with Crippen molar-refractivity contribution in [1.82, 2.24) is 4.90 Å². The van der Waals surface area contributed by atoms with E-state index in [0.29, 0.717) is 26.1 Å². The number of carbonyl (C=O) groups is 1. The van der Waals surface area contributed by atoms with E-state index in [-0.39, 0.29) is 19.8 Å². The predicted molar refractivity (Wildman–Crippen MR) is 151 cm³/mol. The van der Waals surface area contributed by atoms with Crippen LogP contribution in [0.25, 0.3) is 0 Å². The van der Waals surface area contributed by atoms with Crippen LogP contribution >= 0.6 is 0 Å². The first-order chi connectivity index (χ1) is 17.6. The summed E-state index contributed by atoms with van der Waals surface area (Å²) in [5, 5.41) is 34.0. The molecule has 0 atom stereocenters. The normalized spacial score (nSPS) is 10.6. The molecule has 6 heteroatoms. The molecule has 1 aromatic rings. The van der Waals surface area contributed by atoms with Crippen molar-refractivity contribution in [1.29, 1.82) is 0 Å². The Hall–Kier alpha value is -1.73. The van der Waals surface area contributed by atoms with Gasteiger partial charge in [0.2, 0.25) is 0 Å². The Kier molecular flexibility index (Phi) is 33.7. The number of hydrogen-bond donors (Lipinski definition) is 4. The lowest BCUT2D eigenvalue weighted by Gasteiger charge is -2.17. The van der Waals surface area contributed by atoms with E-state index in [1.54, 1.807) is 4.90 Å². The summed E-state index contributed by atoms with van der Waals surface area (Å²) in [6, 6.07) is 12.0. The van der Waals surface area contributed by atoms with Crippen LogP contribution in [0.15, 0.2) is 48.6 Å². The molecule has 0 saturated heterocycles. The molecule has 210 valence electrons. The number of aliphatic carboxylic acids is 1. The van der Waals surface area contributed by atoms with Crippen molar-refractivity contribution >= 4 is 5.97 Å². The molecule has 0 heterocycles. The van der Waals surface area contributed by atoms with E-state index in [1.165, 1.54) is 70.6 Å². The number of rotatable bonds is 21. The molecule has 0 aliphatic heterocycles. The van der Waals surface area contributed by atoms with Gasteiger partial charge in [-0.2, -0.15) is 0 Å². The van der Waals surface area contributed by atoms with Crippen LogP contribution in [0.5, 0.6) is 0 Å². The lowest BCUT2D eigenvalue weighted by atomic mass is 10.1. The van der Waals surface area contributed by atoms with Crippen LogP contribution in [0.2, 0.25) is 0 Å². The summed E-state index contributed by atoms with van der Waals surface area (Å²) >= 11 is 0. The zero-order chi connectivity index (χ0) is 27.0. The molecule has 1 aromatic carbocycles. The van der Waals surface area contributed by atoms with E-state index in [1.807, 2.05) is 36.4 Å². The molecule has 6 nitrogen and oxygen atoms in total. The van der Waals surface area contributed by atoms with E-state index in [4.69, 9.17) is 20.4 Å². The van der Waals surface area contributed by atoms with Gasteiger partial charge in [0.1, 0.15) is 0 Å². The van der Waals surface area contributed by atoms with Crippen molar-refractivity contribution in [3.05, 3.63) is 48.6 Å². The summed E-state index contributed by atoms with van der Waals surface area (Å²) in [5.74, 6) is -0.664. The Labute approximate surface area is 221 Å². The van der Waals surface area contributed by atoms with Crippen LogP contribution < -0.4 is 0 Å². The minimum absolute atomic E-state index is 0.0694. The zero-order valence-electron chi connectivity index (χ0n) is 22.9. The quantitative estimate of drug-likeness (QED) is 0.119. The Bertz CT molecular complexity index is 513. The maximum absolute atomic E-state index is 10.3. The summed E-state index contributed by atoms with van der Waals surface area (Å²) in [6.45, 7) is 4.01. The smallest absolute Gasteiger partial charge is 0.303 e. The number of benzene rings is 1. The Balaban J connectivity index is 0. The van der Waals surface area contributed by atoms with Crippen LogP contribution in [0.3, 0.4) is 0 Å². The average molecular weight is 510 g/mol. The van der Waals surface area contributed by atoms with Gasteiger partial charge in [0, 0.05) is 26.1 Å². The van der Waals surface area contributed by atoms with Crippen LogP contribution in [0, 0.1) is 0 Å². The lowest BCUT2D eigenvalue weighted by molar-refractivity contribution is -0.137. The third-order valence-electron chi connectivity index (χ3n) is 5.57. The fraction of sp³-hybridized carbons (Fsp3) is 0.700. The molecule has 1 rings (SSSR count). The van der Waals surface area contributed by atoms with Gasteiger partial charge in [-0.3, -0.25) is 9.69 Å². The maximum atomic E-state index is 10.3. The molecule has 36 heavy (non-hydrogen) atoms. The summed E-state index contributed by atoms with van der Waals surface area (Å²) in [7, 11) is 0. The number of aliphatic hydroxyl groups is 3. The highest BCUT2D eigenvalue weighted by molar-refractivity contribution is 5.66. The minimum Gasteiger partial charge on any atom is -0.481 e.